The van der Waals surface area contributed by atoms with Crippen molar-refractivity contribution in [2.75, 3.05) is 0 Å². The lowest BCUT2D eigenvalue weighted by Crippen LogP contribution is -2.44. The molecule has 0 atom stereocenters. The molecule has 7 heteroatoms. The number of hydrazine groups is 1. The molecule has 0 unspecified atom stereocenters. The second kappa shape index (κ2) is 5.92. The second-order valence-corrected chi connectivity index (χ2v) is 6.80. The summed E-state index contributed by atoms with van der Waals surface area (Å²) in [6.07, 6.45) is -0.759. The van der Waals surface area contributed by atoms with E-state index in [0.717, 1.165) is 0 Å². The van der Waals surface area contributed by atoms with Gasteiger partial charge >= 0.3 is 6.09 Å². The first-order valence-electron chi connectivity index (χ1n) is 6.66. The zero-order valence-corrected chi connectivity index (χ0v) is 13.6. The molecule has 2 rings (SSSR count). The number of hydrogen-bond donors (Lipinski definition) is 2. The Bertz CT molecular complexity index is 734. The quantitative estimate of drug-likeness (QED) is 0.789. The van der Waals surface area contributed by atoms with Gasteiger partial charge in [0.2, 0.25) is 0 Å². The van der Waals surface area contributed by atoms with Gasteiger partial charge in [-0.3, -0.25) is 10.2 Å². The highest BCUT2D eigenvalue weighted by molar-refractivity contribution is 7.21. The van der Waals surface area contributed by atoms with Gasteiger partial charge in [0.25, 0.3) is 5.91 Å². The highest BCUT2D eigenvalue weighted by Gasteiger charge is 2.20. The Kier molecular flexibility index (Phi) is 4.37. The molecule has 0 aliphatic carbocycles. The summed E-state index contributed by atoms with van der Waals surface area (Å²) in [6.45, 7) is 6.82. The van der Waals surface area contributed by atoms with Crippen LogP contribution in [-0.2, 0) is 4.74 Å². The van der Waals surface area contributed by atoms with Gasteiger partial charge in [0, 0.05) is 10.1 Å². The standard InChI is InChI=1S/C15H17FN2O3S/c1-8-11-9(16)6-5-7-10(11)22-12(8)13(19)17-18-14(20)21-15(2,3)4/h5-7H,1-4H3,(H,17,19)(H,18,20). The van der Waals surface area contributed by atoms with Crippen LogP contribution >= 0.6 is 11.3 Å². The van der Waals surface area contributed by atoms with Crippen LogP contribution in [-0.4, -0.2) is 17.6 Å². The van der Waals surface area contributed by atoms with Crippen molar-refractivity contribution in [3.63, 3.8) is 0 Å². The number of halogens is 1. The molecule has 22 heavy (non-hydrogen) atoms. The van der Waals surface area contributed by atoms with Gasteiger partial charge in [-0.1, -0.05) is 6.07 Å². The van der Waals surface area contributed by atoms with Crippen LogP contribution in [0.15, 0.2) is 18.2 Å². The molecule has 0 saturated heterocycles. The molecule has 0 aliphatic rings. The molecule has 0 radical (unpaired) electrons. The molecule has 0 bridgehead atoms. The number of benzene rings is 1. The number of aryl methyl sites for hydroxylation is 1. The molecule has 1 aromatic carbocycles. The number of nitrogens with one attached hydrogen (secondary N) is 2. The van der Waals surface area contributed by atoms with Crippen molar-refractivity contribution < 1.29 is 18.7 Å². The van der Waals surface area contributed by atoms with Crippen LogP contribution in [0.4, 0.5) is 9.18 Å². The number of carbonyl (C=O) groups is 2. The van der Waals surface area contributed by atoms with E-state index in [9.17, 15) is 14.0 Å². The van der Waals surface area contributed by atoms with E-state index < -0.39 is 17.6 Å². The molecule has 0 spiro atoms. The molecule has 2 N–H and O–H groups in total. The van der Waals surface area contributed by atoms with Gasteiger partial charge in [-0.2, -0.15) is 0 Å². The van der Waals surface area contributed by atoms with Gasteiger partial charge in [-0.25, -0.2) is 14.6 Å². The summed E-state index contributed by atoms with van der Waals surface area (Å²) >= 11 is 1.17. The van der Waals surface area contributed by atoms with Crippen LogP contribution in [0.25, 0.3) is 10.1 Å². The number of ether oxygens (including phenoxy) is 1. The Morgan fingerprint density at radius 1 is 1.23 bits per heavy atom. The first kappa shape index (κ1) is 16.2. The van der Waals surface area contributed by atoms with Gasteiger partial charge in [-0.05, 0) is 45.4 Å². The van der Waals surface area contributed by atoms with Crippen molar-refractivity contribution in [3.05, 3.63) is 34.5 Å². The summed E-state index contributed by atoms with van der Waals surface area (Å²) in [5.74, 6) is -0.880. The number of rotatable bonds is 1. The summed E-state index contributed by atoms with van der Waals surface area (Å²) < 4.78 is 19.5. The average molecular weight is 324 g/mol. The molecule has 1 heterocycles. The molecule has 0 aliphatic heterocycles. The molecular formula is C15H17FN2O3S. The molecule has 5 nitrogen and oxygen atoms in total. The molecular weight excluding hydrogens is 307 g/mol. The summed E-state index contributed by atoms with van der Waals surface area (Å²) in [5.41, 5.74) is 4.32. The van der Waals surface area contributed by atoms with Gasteiger partial charge < -0.3 is 4.74 Å². The van der Waals surface area contributed by atoms with E-state index in [-0.39, 0.29) is 5.82 Å². The van der Waals surface area contributed by atoms with E-state index >= 15 is 0 Å². The Morgan fingerprint density at radius 2 is 1.91 bits per heavy atom. The van der Waals surface area contributed by atoms with Crippen LogP contribution < -0.4 is 10.9 Å². The maximum atomic E-state index is 13.8. The van der Waals surface area contributed by atoms with Crippen molar-refractivity contribution >= 4 is 33.4 Å². The largest absolute Gasteiger partial charge is 0.443 e. The summed E-state index contributed by atoms with van der Waals surface area (Å²) in [7, 11) is 0. The van der Waals surface area contributed by atoms with Crippen molar-refractivity contribution in [1.82, 2.24) is 10.9 Å². The highest BCUT2D eigenvalue weighted by Crippen LogP contribution is 2.32. The average Bonchev–Trinajstić information content (AvgIpc) is 2.73. The number of thiophene rings is 1. The minimum absolute atomic E-state index is 0.344. The van der Waals surface area contributed by atoms with Crippen LogP contribution in [0.2, 0.25) is 0 Å². The predicted molar refractivity (Wildman–Crippen MR) is 83.4 cm³/mol. The van der Waals surface area contributed by atoms with Gasteiger partial charge in [0.15, 0.2) is 0 Å². The molecule has 118 valence electrons. The maximum absolute atomic E-state index is 13.8. The van der Waals surface area contributed by atoms with E-state index in [4.69, 9.17) is 4.74 Å². The topological polar surface area (TPSA) is 67.4 Å². The minimum atomic E-state index is -0.759. The number of fused-ring (bicyclic) bond motifs is 1. The van der Waals surface area contributed by atoms with Crippen molar-refractivity contribution in [2.24, 2.45) is 0 Å². The second-order valence-electron chi connectivity index (χ2n) is 5.75. The fourth-order valence-corrected chi connectivity index (χ4v) is 3.06. The van der Waals surface area contributed by atoms with Crippen LogP contribution in [0.1, 0.15) is 36.0 Å². The van der Waals surface area contributed by atoms with E-state index in [2.05, 4.69) is 10.9 Å². The number of amides is 2. The fourth-order valence-electron chi connectivity index (χ4n) is 1.94. The van der Waals surface area contributed by atoms with Gasteiger partial charge in [0.1, 0.15) is 11.4 Å². The summed E-state index contributed by atoms with van der Waals surface area (Å²) in [6, 6.07) is 4.69. The van der Waals surface area contributed by atoms with Crippen LogP contribution in [0.5, 0.6) is 0 Å². The van der Waals surface area contributed by atoms with E-state index in [0.29, 0.717) is 20.5 Å². The normalized spacial score (nSPS) is 11.3. The molecule has 0 saturated carbocycles. The molecule has 2 aromatic rings. The van der Waals surface area contributed by atoms with Crippen molar-refractivity contribution in [2.45, 2.75) is 33.3 Å². The highest BCUT2D eigenvalue weighted by atomic mass is 32.1. The molecule has 2 amide bonds. The van der Waals surface area contributed by atoms with Crippen molar-refractivity contribution in [1.29, 1.82) is 0 Å². The van der Waals surface area contributed by atoms with Crippen molar-refractivity contribution in [3.8, 4) is 0 Å². The Morgan fingerprint density at radius 3 is 2.50 bits per heavy atom. The first-order chi connectivity index (χ1) is 10.2. The molecule has 0 fully saturated rings. The monoisotopic (exact) mass is 324 g/mol. The smallest absolute Gasteiger partial charge is 0.426 e. The SMILES string of the molecule is Cc1c(C(=O)NNC(=O)OC(C)(C)C)sc2cccc(F)c12. The zero-order valence-electron chi connectivity index (χ0n) is 12.7. The zero-order chi connectivity index (χ0) is 16.5. The number of carbonyl (C=O) groups excluding carboxylic acids is 2. The fraction of sp³-hybridized carbons (Fsp3) is 0.333. The lowest BCUT2D eigenvalue weighted by atomic mass is 10.1. The van der Waals surface area contributed by atoms with Gasteiger partial charge in [-0.15, -0.1) is 11.3 Å². The molecule has 1 aromatic heterocycles. The van der Waals surface area contributed by atoms with E-state index in [1.807, 2.05) is 0 Å². The third-order valence-electron chi connectivity index (χ3n) is 2.79. The Hall–Kier alpha value is -2.15. The number of hydrogen-bond acceptors (Lipinski definition) is 4. The summed E-state index contributed by atoms with van der Waals surface area (Å²) in [4.78, 5) is 24.0. The lowest BCUT2D eigenvalue weighted by Gasteiger charge is -2.19. The van der Waals surface area contributed by atoms with Crippen LogP contribution in [0, 0.1) is 12.7 Å². The van der Waals surface area contributed by atoms with Gasteiger partial charge in [0.05, 0.1) is 4.88 Å². The van der Waals surface area contributed by atoms with E-state index in [1.165, 1.54) is 17.4 Å². The Labute approximate surface area is 131 Å². The lowest BCUT2D eigenvalue weighted by molar-refractivity contribution is 0.0483. The van der Waals surface area contributed by atoms with Crippen LogP contribution in [0.3, 0.4) is 0 Å². The van der Waals surface area contributed by atoms with E-state index in [1.54, 1.807) is 39.8 Å². The Balaban J connectivity index is 2.12. The minimum Gasteiger partial charge on any atom is -0.443 e. The summed E-state index contributed by atoms with van der Waals surface area (Å²) in [5, 5.41) is 0.426. The maximum Gasteiger partial charge on any atom is 0.426 e. The predicted octanol–water partition coefficient (Wildman–Crippen LogP) is 3.52. The third kappa shape index (κ3) is 3.54. The third-order valence-corrected chi connectivity index (χ3v) is 4.04. The first-order valence-corrected chi connectivity index (χ1v) is 7.47.